The summed E-state index contributed by atoms with van der Waals surface area (Å²) in [6.07, 6.45) is 5.44. The van der Waals surface area contributed by atoms with E-state index in [1.807, 2.05) is 6.92 Å². The molecule has 0 N–H and O–H groups in total. The number of carbonyl (C=O) groups excluding carboxylic acids is 1. The van der Waals surface area contributed by atoms with Gasteiger partial charge in [-0.05, 0) is 44.8 Å². The number of hydrogen-bond acceptors (Lipinski definition) is 1. The molecule has 0 amide bonds. The summed E-state index contributed by atoms with van der Waals surface area (Å²) in [7, 11) is 0. The zero-order valence-electron chi connectivity index (χ0n) is 9.94. The Morgan fingerprint density at radius 3 is 2.21 bits per heavy atom. The lowest BCUT2D eigenvalue weighted by molar-refractivity contribution is -0.116. The SMILES string of the molecule is CCCCCC(C)=C=C(C)CC(C)=O. The van der Waals surface area contributed by atoms with Crippen LogP contribution in [0.5, 0.6) is 0 Å². The van der Waals surface area contributed by atoms with Gasteiger partial charge in [0.15, 0.2) is 0 Å². The van der Waals surface area contributed by atoms with Crippen molar-refractivity contribution in [2.45, 2.75) is 59.8 Å². The van der Waals surface area contributed by atoms with E-state index < -0.39 is 0 Å². The van der Waals surface area contributed by atoms with Crippen LogP contribution < -0.4 is 0 Å². The first-order valence-electron chi connectivity index (χ1n) is 5.47. The minimum Gasteiger partial charge on any atom is -0.300 e. The molecule has 0 atom stereocenters. The second-order valence-corrected chi connectivity index (χ2v) is 4.02. The van der Waals surface area contributed by atoms with Crippen LogP contribution in [0.4, 0.5) is 0 Å². The van der Waals surface area contributed by atoms with Crippen LogP contribution >= 0.6 is 0 Å². The van der Waals surface area contributed by atoms with Gasteiger partial charge in [0.25, 0.3) is 0 Å². The van der Waals surface area contributed by atoms with Crippen molar-refractivity contribution in [1.82, 2.24) is 0 Å². The van der Waals surface area contributed by atoms with Gasteiger partial charge in [-0.3, -0.25) is 4.79 Å². The molecule has 0 aliphatic carbocycles. The molecule has 0 rings (SSSR count). The Bertz CT molecular complexity index is 242. The minimum atomic E-state index is 0.219. The second kappa shape index (κ2) is 7.58. The number of unbranched alkanes of at least 4 members (excludes halogenated alkanes) is 2. The third kappa shape index (κ3) is 7.82. The fourth-order valence-electron chi connectivity index (χ4n) is 1.48. The third-order valence-electron chi connectivity index (χ3n) is 2.10. The van der Waals surface area contributed by atoms with Crippen LogP contribution in [0.2, 0.25) is 0 Å². The highest BCUT2D eigenvalue weighted by Crippen LogP contribution is 2.08. The minimum absolute atomic E-state index is 0.219. The number of ketones is 1. The Morgan fingerprint density at radius 1 is 1.07 bits per heavy atom. The number of hydrogen-bond donors (Lipinski definition) is 0. The molecule has 1 nitrogen and oxygen atoms in total. The van der Waals surface area contributed by atoms with Crippen LogP contribution in [0.15, 0.2) is 16.9 Å². The molecular weight excluding hydrogens is 172 g/mol. The second-order valence-electron chi connectivity index (χ2n) is 4.02. The van der Waals surface area contributed by atoms with Crippen molar-refractivity contribution in [1.29, 1.82) is 0 Å². The largest absolute Gasteiger partial charge is 0.300 e. The van der Waals surface area contributed by atoms with E-state index in [9.17, 15) is 4.79 Å². The Morgan fingerprint density at radius 2 is 1.71 bits per heavy atom. The summed E-state index contributed by atoms with van der Waals surface area (Å²) in [5, 5.41) is 0. The topological polar surface area (TPSA) is 17.1 Å². The van der Waals surface area contributed by atoms with Crippen molar-refractivity contribution >= 4 is 5.78 Å². The van der Waals surface area contributed by atoms with E-state index in [1.165, 1.54) is 24.8 Å². The molecular formula is C13H22O. The van der Waals surface area contributed by atoms with E-state index in [1.54, 1.807) is 6.92 Å². The maximum absolute atomic E-state index is 10.8. The molecule has 0 aromatic carbocycles. The zero-order chi connectivity index (χ0) is 11.0. The first kappa shape index (κ1) is 13.2. The Labute approximate surface area is 87.9 Å². The van der Waals surface area contributed by atoms with Gasteiger partial charge >= 0.3 is 0 Å². The molecule has 0 aliphatic heterocycles. The van der Waals surface area contributed by atoms with Crippen LogP contribution in [0.25, 0.3) is 0 Å². The standard InChI is InChI=1S/C13H22O/c1-5-6-7-8-11(2)9-12(3)10-13(4)14/h5-8,10H2,1-4H3. The van der Waals surface area contributed by atoms with Gasteiger partial charge in [-0.15, -0.1) is 5.73 Å². The molecule has 0 heterocycles. The fraction of sp³-hybridized carbons (Fsp3) is 0.692. The molecule has 0 radical (unpaired) electrons. The number of Topliss-reactive ketones (excluding diaryl/α,β-unsaturated/α-hetero) is 1. The highest BCUT2D eigenvalue weighted by atomic mass is 16.1. The average molecular weight is 194 g/mol. The number of carbonyl (C=O) groups is 1. The summed E-state index contributed by atoms with van der Waals surface area (Å²) in [5.74, 6) is 0.219. The van der Waals surface area contributed by atoms with Crippen LogP contribution in [0, 0.1) is 0 Å². The lowest BCUT2D eigenvalue weighted by Gasteiger charge is -1.98. The van der Waals surface area contributed by atoms with Gasteiger partial charge in [0.05, 0.1) is 0 Å². The van der Waals surface area contributed by atoms with Crippen molar-refractivity contribution in [3.63, 3.8) is 0 Å². The highest BCUT2D eigenvalue weighted by molar-refractivity contribution is 5.77. The van der Waals surface area contributed by atoms with Gasteiger partial charge in [-0.25, -0.2) is 0 Å². The quantitative estimate of drug-likeness (QED) is 0.460. The maximum atomic E-state index is 10.8. The van der Waals surface area contributed by atoms with E-state index in [2.05, 4.69) is 19.6 Å². The molecule has 80 valence electrons. The van der Waals surface area contributed by atoms with Crippen molar-refractivity contribution in [3.05, 3.63) is 16.9 Å². The van der Waals surface area contributed by atoms with E-state index in [0.29, 0.717) is 6.42 Å². The van der Waals surface area contributed by atoms with Gasteiger partial charge in [0, 0.05) is 6.42 Å². The molecule has 0 spiro atoms. The smallest absolute Gasteiger partial charge is 0.134 e. The third-order valence-corrected chi connectivity index (χ3v) is 2.10. The van der Waals surface area contributed by atoms with Crippen LogP contribution in [0.1, 0.15) is 59.8 Å². The molecule has 14 heavy (non-hydrogen) atoms. The van der Waals surface area contributed by atoms with Crippen LogP contribution in [-0.2, 0) is 4.79 Å². The summed E-state index contributed by atoms with van der Waals surface area (Å²) in [4.78, 5) is 10.8. The number of allylic oxidation sites excluding steroid dienone is 1. The predicted molar refractivity (Wildman–Crippen MR) is 61.3 cm³/mol. The lowest BCUT2D eigenvalue weighted by Crippen LogP contribution is -1.89. The summed E-state index contributed by atoms with van der Waals surface area (Å²) in [6.45, 7) is 7.90. The fourth-order valence-corrected chi connectivity index (χ4v) is 1.48. The van der Waals surface area contributed by atoms with Gasteiger partial charge in [-0.2, -0.15) is 0 Å². The molecule has 1 heteroatoms. The van der Waals surface area contributed by atoms with Crippen molar-refractivity contribution < 1.29 is 4.79 Å². The van der Waals surface area contributed by atoms with Crippen molar-refractivity contribution in [3.8, 4) is 0 Å². The van der Waals surface area contributed by atoms with E-state index in [0.717, 1.165) is 12.0 Å². The van der Waals surface area contributed by atoms with Crippen LogP contribution in [-0.4, -0.2) is 5.78 Å². The first-order chi connectivity index (χ1) is 6.56. The average Bonchev–Trinajstić information content (AvgIpc) is 2.02. The summed E-state index contributed by atoms with van der Waals surface area (Å²) in [6, 6.07) is 0. The van der Waals surface area contributed by atoms with E-state index in [-0.39, 0.29) is 5.78 Å². The predicted octanol–water partition coefficient (Wildman–Crippen LogP) is 4.04. The zero-order valence-corrected chi connectivity index (χ0v) is 9.94. The maximum Gasteiger partial charge on any atom is 0.134 e. The summed E-state index contributed by atoms with van der Waals surface area (Å²) >= 11 is 0. The van der Waals surface area contributed by atoms with Crippen LogP contribution in [0.3, 0.4) is 0 Å². The van der Waals surface area contributed by atoms with E-state index >= 15 is 0 Å². The molecule has 0 unspecified atom stereocenters. The van der Waals surface area contributed by atoms with Gasteiger partial charge in [0.2, 0.25) is 0 Å². The van der Waals surface area contributed by atoms with Gasteiger partial charge < -0.3 is 0 Å². The van der Waals surface area contributed by atoms with Gasteiger partial charge in [-0.1, -0.05) is 19.8 Å². The molecule has 0 saturated carbocycles. The summed E-state index contributed by atoms with van der Waals surface area (Å²) < 4.78 is 0. The molecule has 0 aromatic rings. The highest BCUT2D eigenvalue weighted by Gasteiger charge is 1.94. The Hall–Kier alpha value is -0.810. The molecule has 0 bridgehead atoms. The van der Waals surface area contributed by atoms with Crippen molar-refractivity contribution in [2.24, 2.45) is 0 Å². The monoisotopic (exact) mass is 194 g/mol. The normalized spacial score (nSPS) is 9.43. The van der Waals surface area contributed by atoms with Gasteiger partial charge in [0.1, 0.15) is 5.78 Å². The Balaban J connectivity index is 4.10. The van der Waals surface area contributed by atoms with Crippen molar-refractivity contribution in [2.75, 3.05) is 0 Å². The Kier molecular flexibility index (Phi) is 7.14. The molecule has 0 aliphatic rings. The molecule has 0 aromatic heterocycles. The molecule has 0 saturated heterocycles. The first-order valence-corrected chi connectivity index (χ1v) is 5.47. The molecule has 0 fully saturated rings. The van der Waals surface area contributed by atoms with E-state index in [4.69, 9.17) is 0 Å². The lowest BCUT2D eigenvalue weighted by atomic mass is 10.1. The number of rotatable bonds is 6. The summed E-state index contributed by atoms with van der Waals surface area (Å²) in [5.41, 5.74) is 5.62.